The second-order valence-electron chi connectivity index (χ2n) is 8.70. The van der Waals surface area contributed by atoms with Gasteiger partial charge in [-0.3, -0.25) is 0 Å². The van der Waals surface area contributed by atoms with E-state index in [9.17, 15) is 17.6 Å². The number of imidazole rings is 1. The van der Waals surface area contributed by atoms with Crippen LogP contribution < -0.4 is 10.6 Å². The molecule has 0 spiro atoms. The summed E-state index contributed by atoms with van der Waals surface area (Å²) in [6.45, 7) is 1.39. The van der Waals surface area contributed by atoms with Crippen molar-refractivity contribution in [1.29, 1.82) is 0 Å². The first-order valence-electron chi connectivity index (χ1n) is 11.3. The van der Waals surface area contributed by atoms with Crippen LogP contribution in [0.1, 0.15) is 30.1 Å². The van der Waals surface area contributed by atoms with E-state index in [0.29, 0.717) is 24.6 Å². The van der Waals surface area contributed by atoms with Crippen molar-refractivity contribution in [2.75, 3.05) is 23.7 Å². The van der Waals surface area contributed by atoms with Crippen LogP contribution in [0.15, 0.2) is 49.1 Å². The summed E-state index contributed by atoms with van der Waals surface area (Å²) in [5.41, 5.74) is 6.56. The van der Waals surface area contributed by atoms with E-state index in [2.05, 4.69) is 31.0 Å². The molecule has 1 radical (unpaired) electrons. The first-order valence-corrected chi connectivity index (χ1v) is 11.3. The van der Waals surface area contributed by atoms with Gasteiger partial charge in [0.2, 0.25) is 0 Å². The van der Waals surface area contributed by atoms with Crippen molar-refractivity contribution < 1.29 is 17.6 Å². The molecule has 0 saturated carbocycles. The third kappa shape index (κ3) is 4.60. The number of hydrogen-bond donors (Lipinski definition) is 1. The molecular weight excluding hydrogens is 474 g/mol. The second-order valence-corrected chi connectivity index (χ2v) is 8.70. The number of halogens is 4. The van der Waals surface area contributed by atoms with E-state index in [1.165, 1.54) is 12.4 Å². The van der Waals surface area contributed by atoms with Gasteiger partial charge in [-0.1, -0.05) is 0 Å². The molecule has 1 saturated heterocycles. The standard InChI is InChI=1S/C25H22F4N7/c1-35-13-21(16-2-4-20(26)19(10-16)25(27,28)29)34-23(35)15-6-8-36(9-7-15)24-18(12-31-14-33-24)17-3-5-22(30)32-11-17/h2-5,10-11,13-15H,6-9H2,1H3,(H2,30,32). The fourth-order valence-electron chi connectivity index (χ4n) is 4.53. The van der Waals surface area contributed by atoms with E-state index in [1.54, 1.807) is 18.5 Å². The maximum atomic E-state index is 13.7. The van der Waals surface area contributed by atoms with Gasteiger partial charge in [0.25, 0.3) is 0 Å². The lowest BCUT2D eigenvalue weighted by atomic mass is 9.95. The molecule has 1 aliphatic rings. The Balaban J connectivity index is 1.35. The summed E-state index contributed by atoms with van der Waals surface area (Å²) < 4.78 is 55.0. The lowest BCUT2D eigenvalue weighted by Gasteiger charge is -2.33. The molecule has 0 aliphatic carbocycles. The normalized spacial score (nSPS) is 14.9. The molecule has 36 heavy (non-hydrogen) atoms. The van der Waals surface area contributed by atoms with E-state index in [0.717, 1.165) is 47.7 Å². The Morgan fingerprint density at radius 1 is 1.06 bits per heavy atom. The molecule has 1 aliphatic heterocycles. The van der Waals surface area contributed by atoms with Crippen molar-refractivity contribution in [3.63, 3.8) is 0 Å². The van der Waals surface area contributed by atoms with Crippen molar-refractivity contribution >= 4 is 11.6 Å². The molecule has 185 valence electrons. The number of pyridine rings is 1. The van der Waals surface area contributed by atoms with E-state index < -0.39 is 17.6 Å². The lowest BCUT2D eigenvalue weighted by molar-refractivity contribution is -0.139. The molecule has 0 bridgehead atoms. The highest BCUT2D eigenvalue weighted by atomic mass is 19.4. The van der Waals surface area contributed by atoms with Crippen LogP contribution >= 0.6 is 0 Å². The van der Waals surface area contributed by atoms with Crippen LogP contribution in [-0.4, -0.2) is 37.6 Å². The summed E-state index contributed by atoms with van der Waals surface area (Å²) in [7, 11) is 1.82. The molecule has 3 aromatic heterocycles. The van der Waals surface area contributed by atoms with Gasteiger partial charge >= 0.3 is 6.18 Å². The van der Waals surface area contributed by atoms with Gasteiger partial charge < -0.3 is 15.2 Å². The monoisotopic (exact) mass is 496 g/mol. The molecule has 5 rings (SSSR count). The number of piperidine rings is 1. The summed E-state index contributed by atoms with van der Waals surface area (Å²) in [5, 5.41) is 0. The van der Waals surface area contributed by atoms with Gasteiger partial charge in [-0.25, -0.2) is 24.3 Å². The predicted octanol–water partition coefficient (Wildman–Crippen LogP) is 4.86. The number of hydrogen-bond acceptors (Lipinski definition) is 6. The van der Waals surface area contributed by atoms with Crippen molar-refractivity contribution in [2.24, 2.45) is 7.05 Å². The fourth-order valence-corrected chi connectivity index (χ4v) is 4.53. The van der Waals surface area contributed by atoms with Gasteiger partial charge in [-0.2, -0.15) is 13.2 Å². The molecule has 1 fully saturated rings. The first kappa shape index (κ1) is 23.7. The van der Waals surface area contributed by atoms with Gasteiger partial charge in [0.1, 0.15) is 35.8 Å². The number of aryl methyl sites for hydroxylation is 1. The smallest absolute Gasteiger partial charge is 0.384 e. The molecule has 11 heteroatoms. The molecule has 1 aromatic carbocycles. The lowest BCUT2D eigenvalue weighted by Crippen LogP contribution is -2.34. The van der Waals surface area contributed by atoms with Gasteiger partial charge in [-0.05, 0) is 43.2 Å². The molecular formula is C25H22F4N7. The van der Waals surface area contributed by atoms with E-state index in [4.69, 9.17) is 5.73 Å². The van der Waals surface area contributed by atoms with Crippen LogP contribution in [0.5, 0.6) is 0 Å². The van der Waals surface area contributed by atoms with Crippen LogP contribution in [0.3, 0.4) is 0 Å². The minimum absolute atomic E-state index is 0.106. The number of alkyl halides is 3. The SMILES string of the molecule is Cn1cc(-c2ccc(F)c(C(F)(F)F)c2)nc1C1CCN(c2ncn[c]c2-c2ccc(N)nc2)CC1. The highest BCUT2D eigenvalue weighted by molar-refractivity contribution is 5.74. The van der Waals surface area contributed by atoms with Crippen molar-refractivity contribution in [3.8, 4) is 22.4 Å². The Morgan fingerprint density at radius 2 is 1.81 bits per heavy atom. The number of nitrogen functional groups attached to an aromatic ring is 1. The highest BCUT2D eigenvalue weighted by Crippen LogP contribution is 2.36. The van der Waals surface area contributed by atoms with Gasteiger partial charge in [0, 0.05) is 49.6 Å². The molecule has 4 aromatic rings. The number of anilines is 2. The molecule has 0 amide bonds. The first-order chi connectivity index (χ1) is 17.2. The van der Waals surface area contributed by atoms with E-state index >= 15 is 0 Å². The Hall–Kier alpha value is -4.02. The topological polar surface area (TPSA) is 85.8 Å². The fraction of sp³-hybridized carbons (Fsp3) is 0.280. The Morgan fingerprint density at radius 3 is 2.50 bits per heavy atom. The van der Waals surface area contributed by atoms with Crippen molar-refractivity contribution in [2.45, 2.75) is 24.9 Å². The van der Waals surface area contributed by atoms with E-state index in [-0.39, 0.29) is 11.5 Å². The summed E-state index contributed by atoms with van der Waals surface area (Å²) in [6, 6.07) is 6.52. The average Bonchev–Trinajstić information content (AvgIpc) is 3.26. The quantitative estimate of drug-likeness (QED) is 0.406. The molecule has 2 N–H and O–H groups in total. The maximum absolute atomic E-state index is 13.7. The minimum Gasteiger partial charge on any atom is -0.384 e. The largest absolute Gasteiger partial charge is 0.419 e. The van der Waals surface area contributed by atoms with Gasteiger partial charge in [0.05, 0.1) is 16.8 Å². The summed E-state index contributed by atoms with van der Waals surface area (Å²) in [6.07, 6.45) is 4.57. The van der Waals surface area contributed by atoms with Crippen molar-refractivity contribution in [1.82, 2.24) is 24.5 Å². The maximum Gasteiger partial charge on any atom is 0.419 e. The number of rotatable bonds is 4. The molecule has 0 atom stereocenters. The number of aromatic nitrogens is 5. The summed E-state index contributed by atoms with van der Waals surface area (Å²) >= 11 is 0. The molecule has 4 heterocycles. The minimum atomic E-state index is -4.77. The zero-order valence-corrected chi connectivity index (χ0v) is 19.3. The van der Waals surface area contributed by atoms with Crippen LogP contribution in [0.25, 0.3) is 22.4 Å². The van der Waals surface area contributed by atoms with Crippen LogP contribution in [-0.2, 0) is 13.2 Å². The molecule has 0 unspecified atom stereocenters. The summed E-state index contributed by atoms with van der Waals surface area (Å²) in [4.78, 5) is 19.4. The van der Waals surface area contributed by atoms with Crippen LogP contribution in [0.2, 0.25) is 0 Å². The number of nitrogens with two attached hydrogens (primary N) is 1. The third-order valence-electron chi connectivity index (χ3n) is 6.35. The van der Waals surface area contributed by atoms with Crippen LogP contribution in [0.4, 0.5) is 29.2 Å². The Bertz CT molecular complexity index is 1370. The Kier molecular flexibility index (Phi) is 6.07. The summed E-state index contributed by atoms with van der Waals surface area (Å²) in [5.74, 6) is 0.754. The Labute approximate surface area is 204 Å². The predicted molar refractivity (Wildman–Crippen MR) is 126 cm³/mol. The van der Waals surface area contributed by atoms with E-state index in [1.807, 2.05) is 17.7 Å². The highest BCUT2D eigenvalue weighted by Gasteiger charge is 2.34. The number of benzene rings is 1. The van der Waals surface area contributed by atoms with Crippen molar-refractivity contribution in [3.05, 3.63) is 72.5 Å². The zero-order valence-electron chi connectivity index (χ0n) is 19.3. The van der Waals surface area contributed by atoms with Gasteiger partial charge in [0.15, 0.2) is 0 Å². The average molecular weight is 496 g/mol. The van der Waals surface area contributed by atoms with Crippen LogP contribution in [0, 0.1) is 12.0 Å². The second kappa shape index (κ2) is 9.21. The zero-order chi connectivity index (χ0) is 25.4. The number of nitrogens with zero attached hydrogens (tertiary/aromatic N) is 6. The van der Waals surface area contributed by atoms with Gasteiger partial charge in [-0.15, -0.1) is 0 Å². The molecule has 7 nitrogen and oxygen atoms in total. The third-order valence-corrected chi connectivity index (χ3v) is 6.35.